The standard InChI is InChI=1S/C15H13BrF2NO5PS/c16-11-7-3-6(14(20)19-12-8-4-24-5-9(8)12)1-2-10(7)26-13(11)15(17,18)25(21,22)23/h1-3,8-9,12H,4-5H2,(H,19,20)(H2,21,22,23)/t8-,9+,12?. The van der Waals surface area contributed by atoms with Gasteiger partial charge in [-0.2, -0.15) is 8.78 Å². The highest BCUT2D eigenvalue weighted by atomic mass is 79.9. The fraction of sp³-hybridized carbons (Fsp3) is 0.400. The Kier molecular flexibility index (Phi) is 4.30. The molecule has 2 aromatic rings. The Morgan fingerprint density at radius 2 is 2.00 bits per heavy atom. The summed E-state index contributed by atoms with van der Waals surface area (Å²) in [6.07, 6.45) is 0. The maximum atomic E-state index is 14.1. The minimum absolute atomic E-state index is 0.0763. The van der Waals surface area contributed by atoms with Crippen molar-refractivity contribution in [1.82, 2.24) is 5.32 Å². The van der Waals surface area contributed by atoms with Gasteiger partial charge < -0.3 is 19.8 Å². The van der Waals surface area contributed by atoms with Crippen LogP contribution >= 0.6 is 34.9 Å². The molecule has 2 heterocycles. The van der Waals surface area contributed by atoms with Crippen LogP contribution in [0.3, 0.4) is 0 Å². The van der Waals surface area contributed by atoms with Gasteiger partial charge >= 0.3 is 13.3 Å². The van der Waals surface area contributed by atoms with Crippen LogP contribution in [0, 0.1) is 11.8 Å². The van der Waals surface area contributed by atoms with Gasteiger partial charge in [0, 0.05) is 38.0 Å². The lowest BCUT2D eigenvalue weighted by atomic mass is 10.1. The number of carbonyl (C=O) groups is 1. The maximum absolute atomic E-state index is 14.1. The summed E-state index contributed by atoms with van der Waals surface area (Å²) in [5, 5.41) is 3.22. The molecule has 0 radical (unpaired) electrons. The molecule has 3 N–H and O–H groups in total. The Hall–Kier alpha value is -0.900. The molecule has 0 bridgehead atoms. The highest BCUT2D eigenvalue weighted by molar-refractivity contribution is 9.10. The van der Waals surface area contributed by atoms with Crippen LogP contribution in [0.4, 0.5) is 8.78 Å². The molecule has 6 nitrogen and oxygen atoms in total. The van der Waals surface area contributed by atoms with Gasteiger partial charge in [0.25, 0.3) is 5.91 Å². The van der Waals surface area contributed by atoms with Gasteiger partial charge in [-0.1, -0.05) is 0 Å². The van der Waals surface area contributed by atoms with Gasteiger partial charge in [0.1, 0.15) is 4.88 Å². The number of ether oxygens (including phenoxy) is 1. The molecular weight excluding hydrogens is 455 g/mol. The fourth-order valence-corrected chi connectivity index (χ4v) is 6.15. The van der Waals surface area contributed by atoms with Gasteiger partial charge in [-0.3, -0.25) is 9.36 Å². The maximum Gasteiger partial charge on any atom is 0.400 e. The number of hydrogen-bond acceptors (Lipinski definition) is 4. The number of nitrogens with one attached hydrogen (secondary N) is 1. The Balaban J connectivity index is 1.64. The predicted octanol–water partition coefficient (Wildman–Crippen LogP) is 3.27. The summed E-state index contributed by atoms with van der Waals surface area (Å²) in [5.41, 5.74) is -4.00. The van der Waals surface area contributed by atoms with Crippen molar-refractivity contribution in [2.45, 2.75) is 11.7 Å². The van der Waals surface area contributed by atoms with E-state index in [1.54, 1.807) is 0 Å². The molecule has 1 unspecified atom stereocenters. The van der Waals surface area contributed by atoms with Crippen LogP contribution in [0.15, 0.2) is 22.7 Å². The second-order valence-electron chi connectivity index (χ2n) is 6.41. The summed E-state index contributed by atoms with van der Waals surface area (Å²) in [6.45, 7) is 1.26. The third-order valence-corrected chi connectivity index (χ3v) is 8.21. The average Bonchev–Trinajstić information content (AvgIpc) is 2.92. The molecule has 1 aliphatic carbocycles. The minimum Gasteiger partial charge on any atom is -0.381 e. The monoisotopic (exact) mass is 467 g/mol. The zero-order valence-electron chi connectivity index (χ0n) is 13.0. The van der Waals surface area contributed by atoms with Crippen LogP contribution in [0.2, 0.25) is 0 Å². The third kappa shape index (κ3) is 2.83. The van der Waals surface area contributed by atoms with Crippen molar-refractivity contribution in [3.8, 4) is 0 Å². The SMILES string of the molecule is O=C(NC1[C@H]2COC[C@@H]12)c1ccc2sc(C(F)(F)P(=O)(O)O)c(Br)c2c1. The van der Waals surface area contributed by atoms with Crippen molar-refractivity contribution in [1.29, 1.82) is 0 Å². The van der Waals surface area contributed by atoms with Gasteiger partial charge in [0.15, 0.2) is 0 Å². The van der Waals surface area contributed by atoms with Crippen molar-refractivity contribution in [2.24, 2.45) is 11.8 Å². The lowest BCUT2D eigenvalue weighted by Crippen LogP contribution is -2.29. The molecule has 1 aromatic heterocycles. The molecule has 11 heteroatoms. The van der Waals surface area contributed by atoms with Crippen LogP contribution < -0.4 is 5.32 Å². The summed E-state index contributed by atoms with van der Waals surface area (Å²) in [4.78, 5) is 29.5. The number of amides is 1. The molecule has 1 aliphatic heterocycles. The molecule has 2 fully saturated rings. The smallest absolute Gasteiger partial charge is 0.381 e. The Morgan fingerprint density at radius 1 is 1.35 bits per heavy atom. The van der Waals surface area contributed by atoms with E-state index >= 15 is 0 Å². The van der Waals surface area contributed by atoms with Gasteiger partial charge in [-0.25, -0.2) is 0 Å². The first kappa shape index (κ1) is 18.5. The summed E-state index contributed by atoms with van der Waals surface area (Å²) >= 11 is 3.59. The van der Waals surface area contributed by atoms with Crippen molar-refractivity contribution >= 4 is 50.9 Å². The van der Waals surface area contributed by atoms with Gasteiger partial charge in [0.2, 0.25) is 0 Å². The third-order valence-electron chi connectivity index (χ3n) is 4.78. The molecule has 26 heavy (non-hydrogen) atoms. The van der Waals surface area contributed by atoms with E-state index in [0.717, 1.165) is 0 Å². The van der Waals surface area contributed by atoms with Crippen molar-refractivity contribution < 1.29 is 32.7 Å². The quantitative estimate of drug-likeness (QED) is 0.599. The molecule has 3 atom stereocenters. The van der Waals surface area contributed by atoms with E-state index < -0.39 is 18.1 Å². The van der Waals surface area contributed by atoms with Gasteiger partial charge in [0.05, 0.1) is 13.2 Å². The van der Waals surface area contributed by atoms with E-state index in [4.69, 9.17) is 14.5 Å². The number of alkyl halides is 2. The summed E-state index contributed by atoms with van der Waals surface area (Å²) < 4.78 is 44.8. The fourth-order valence-electron chi connectivity index (χ4n) is 3.22. The summed E-state index contributed by atoms with van der Waals surface area (Å²) in [5.74, 6) is 0.362. The van der Waals surface area contributed by atoms with E-state index in [2.05, 4.69) is 21.2 Å². The lowest BCUT2D eigenvalue weighted by Gasteiger charge is -2.16. The Morgan fingerprint density at radius 3 is 2.62 bits per heavy atom. The summed E-state index contributed by atoms with van der Waals surface area (Å²) in [7, 11) is -5.67. The zero-order chi connectivity index (χ0) is 18.9. The van der Waals surface area contributed by atoms with Gasteiger partial charge in [-0.15, -0.1) is 11.3 Å². The number of halogens is 3. The minimum atomic E-state index is -5.67. The van der Waals surface area contributed by atoms with E-state index in [-0.39, 0.29) is 16.4 Å². The number of benzene rings is 1. The predicted molar refractivity (Wildman–Crippen MR) is 94.5 cm³/mol. The molecule has 4 rings (SSSR count). The highest BCUT2D eigenvalue weighted by Gasteiger charge is 2.55. The first-order chi connectivity index (χ1) is 12.1. The molecule has 1 aromatic carbocycles. The van der Waals surface area contributed by atoms with Gasteiger partial charge in [-0.05, 0) is 34.1 Å². The first-order valence-corrected chi connectivity index (χ1v) is 10.9. The van der Waals surface area contributed by atoms with Crippen molar-refractivity contribution in [2.75, 3.05) is 13.2 Å². The largest absolute Gasteiger partial charge is 0.400 e. The second-order valence-corrected chi connectivity index (χ2v) is 9.90. The molecule has 1 amide bonds. The van der Waals surface area contributed by atoms with Crippen LogP contribution in [-0.4, -0.2) is 34.9 Å². The van der Waals surface area contributed by atoms with E-state index in [0.29, 0.717) is 52.0 Å². The number of fused-ring (bicyclic) bond motifs is 2. The van der Waals surface area contributed by atoms with Crippen LogP contribution in [0.25, 0.3) is 10.1 Å². The average molecular weight is 468 g/mol. The number of thiophene rings is 1. The zero-order valence-corrected chi connectivity index (χ0v) is 16.3. The number of rotatable bonds is 4. The second kappa shape index (κ2) is 6.05. The molecule has 140 valence electrons. The number of hydrogen-bond donors (Lipinski definition) is 3. The number of carbonyl (C=O) groups excluding carboxylic acids is 1. The Bertz CT molecular complexity index is 951. The van der Waals surface area contributed by atoms with E-state index in [1.807, 2.05) is 0 Å². The van der Waals surface area contributed by atoms with Crippen LogP contribution in [-0.2, 0) is 15.0 Å². The molecule has 2 aliphatic rings. The Labute approximate surface area is 158 Å². The molecule has 0 spiro atoms. The highest BCUT2D eigenvalue weighted by Crippen LogP contribution is 2.62. The first-order valence-electron chi connectivity index (χ1n) is 7.66. The normalized spacial score (nSPS) is 25.3. The van der Waals surface area contributed by atoms with Crippen molar-refractivity contribution in [3.63, 3.8) is 0 Å². The van der Waals surface area contributed by atoms with E-state index in [1.165, 1.54) is 18.2 Å². The summed E-state index contributed by atoms with van der Waals surface area (Å²) in [6, 6.07) is 4.52. The van der Waals surface area contributed by atoms with E-state index in [9.17, 15) is 18.1 Å². The lowest BCUT2D eigenvalue weighted by molar-refractivity contribution is 0.0595. The van der Waals surface area contributed by atoms with Crippen molar-refractivity contribution in [3.05, 3.63) is 33.1 Å². The van der Waals surface area contributed by atoms with Crippen LogP contribution in [0.1, 0.15) is 15.2 Å². The molecular formula is C15H13BrF2NO5PS. The molecule has 1 saturated heterocycles. The topological polar surface area (TPSA) is 95.9 Å². The van der Waals surface area contributed by atoms with Crippen LogP contribution in [0.5, 0.6) is 0 Å². The molecule has 1 saturated carbocycles.